The molecular formula is C24H18F3N3O3. The second kappa shape index (κ2) is 9.66. The highest BCUT2D eigenvalue weighted by atomic mass is 19.1. The summed E-state index contributed by atoms with van der Waals surface area (Å²) in [5, 5.41) is 0. The highest BCUT2D eigenvalue weighted by Crippen LogP contribution is 2.27. The Morgan fingerprint density at radius 3 is 2.61 bits per heavy atom. The maximum absolute atomic E-state index is 15.0. The van der Waals surface area contributed by atoms with E-state index in [1.165, 1.54) is 42.6 Å². The number of nitrogens with two attached hydrogens (primary N) is 1. The molecule has 33 heavy (non-hydrogen) atoms. The van der Waals surface area contributed by atoms with Crippen molar-refractivity contribution < 1.29 is 27.4 Å². The summed E-state index contributed by atoms with van der Waals surface area (Å²) in [6.45, 7) is 0.358. The normalized spacial score (nSPS) is 10.9. The first-order valence-corrected chi connectivity index (χ1v) is 9.96. The summed E-state index contributed by atoms with van der Waals surface area (Å²) in [6, 6.07) is 11.9. The number of carbonyl (C=O) groups excluding carboxylic acids is 1. The standard InChI is InChI=1S/C24H18F3N3O3/c25-16-3-1-2-14(10-16)13-33-20-7-5-17(26)22(23(20)27)24(31)15-4-6-18-19(11-15)30-21(12-29-18)32-9-8-28/h1-7,10-12H,8-9,13,28H2. The molecule has 4 rings (SSSR count). The van der Waals surface area contributed by atoms with Crippen LogP contribution in [0.15, 0.2) is 60.8 Å². The van der Waals surface area contributed by atoms with Crippen LogP contribution >= 0.6 is 0 Å². The van der Waals surface area contributed by atoms with Crippen molar-refractivity contribution in [2.75, 3.05) is 13.2 Å². The number of aromatic nitrogens is 2. The summed E-state index contributed by atoms with van der Waals surface area (Å²) in [5.74, 6) is -3.67. The van der Waals surface area contributed by atoms with Crippen molar-refractivity contribution in [3.8, 4) is 11.6 Å². The Labute approximate surface area is 186 Å². The number of rotatable bonds is 8. The molecule has 6 nitrogen and oxygen atoms in total. The van der Waals surface area contributed by atoms with E-state index < -0.39 is 28.8 Å². The molecule has 0 fully saturated rings. The number of fused-ring (bicyclic) bond motifs is 1. The number of benzene rings is 3. The predicted octanol–water partition coefficient (Wildman–Crippen LogP) is 4.19. The molecule has 0 saturated carbocycles. The van der Waals surface area contributed by atoms with Crippen LogP contribution in [0.2, 0.25) is 0 Å². The van der Waals surface area contributed by atoms with E-state index in [1.54, 1.807) is 6.07 Å². The van der Waals surface area contributed by atoms with E-state index in [1.807, 2.05) is 0 Å². The lowest BCUT2D eigenvalue weighted by Crippen LogP contribution is -2.11. The molecule has 0 atom stereocenters. The van der Waals surface area contributed by atoms with Gasteiger partial charge in [-0.2, -0.15) is 0 Å². The zero-order valence-electron chi connectivity index (χ0n) is 17.2. The van der Waals surface area contributed by atoms with Crippen LogP contribution in [0.25, 0.3) is 11.0 Å². The second-order valence-electron chi connectivity index (χ2n) is 7.03. The molecule has 1 heterocycles. The van der Waals surface area contributed by atoms with Gasteiger partial charge in [0.1, 0.15) is 24.8 Å². The summed E-state index contributed by atoms with van der Waals surface area (Å²) >= 11 is 0. The molecule has 4 aromatic rings. The van der Waals surface area contributed by atoms with Gasteiger partial charge in [0.2, 0.25) is 5.88 Å². The molecule has 3 aromatic carbocycles. The SMILES string of the molecule is NCCOc1cnc2ccc(C(=O)c3c(F)ccc(OCc4cccc(F)c4)c3F)cc2n1. The topological polar surface area (TPSA) is 87.3 Å². The summed E-state index contributed by atoms with van der Waals surface area (Å²) in [5.41, 5.74) is 5.88. The minimum atomic E-state index is -1.15. The number of ether oxygens (including phenoxy) is 2. The van der Waals surface area contributed by atoms with Crippen LogP contribution in [0.5, 0.6) is 11.6 Å². The molecule has 168 valence electrons. The van der Waals surface area contributed by atoms with Gasteiger partial charge in [-0.05, 0) is 48.0 Å². The van der Waals surface area contributed by atoms with Crippen LogP contribution in [0.1, 0.15) is 21.5 Å². The smallest absolute Gasteiger partial charge is 0.232 e. The molecule has 2 N–H and O–H groups in total. The first-order chi connectivity index (χ1) is 16.0. The van der Waals surface area contributed by atoms with Crippen molar-refractivity contribution >= 4 is 16.8 Å². The molecule has 9 heteroatoms. The van der Waals surface area contributed by atoms with Gasteiger partial charge in [0.15, 0.2) is 17.3 Å². The van der Waals surface area contributed by atoms with Crippen LogP contribution in [-0.2, 0) is 6.61 Å². The first kappa shape index (κ1) is 22.2. The highest BCUT2D eigenvalue weighted by Gasteiger charge is 2.23. The minimum Gasteiger partial charge on any atom is -0.486 e. The number of carbonyl (C=O) groups is 1. The van der Waals surface area contributed by atoms with Crippen LogP contribution in [0, 0.1) is 17.5 Å². The number of hydrogen-bond acceptors (Lipinski definition) is 6. The Bertz CT molecular complexity index is 1330. The fourth-order valence-electron chi connectivity index (χ4n) is 3.15. The lowest BCUT2D eigenvalue weighted by Gasteiger charge is -2.11. The van der Waals surface area contributed by atoms with Gasteiger partial charge in [-0.25, -0.2) is 23.1 Å². The Balaban J connectivity index is 1.63. The molecule has 0 unspecified atom stereocenters. The fraction of sp³-hybridized carbons (Fsp3) is 0.125. The molecule has 0 radical (unpaired) electrons. The molecular weight excluding hydrogens is 435 g/mol. The molecule has 0 amide bonds. The average molecular weight is 453 g/mol. The number of nitrogens with zero attached hydrogens (tertiary/aromatic N) is 2. The van der Waals surface area contributed by atoms with E-state index in [2.05, 4.69) is 9.97 Å². The van der Waals surface area contributed by atoms with Crippen molar-refractivity contribution in [2.45, 2.75) is 6.61 Å². The van der Waals surface area contributed by atoms with Crippen LogP contribution in [0.3, 0.4) is 0 Å². The van der Waals surface area contributed by atoms with E-state index in [0.29, 0.717) is 16.6 Å². The van der Waals surface area contributed by atoms with Gasteiger partial charge in [-0.1, -0.05) is 12.1 Å². The van der Waals surface area contributed by atoms with Gasteiger partial charge in [0.25, 0.3) is 0 Å². The van der Waals surface area contributed by atoms with E-state index in [4.69, 9.17) is 15.2 Å². The Kier molecular flexibility index (Phi) is 6.50. The van der Waals surface area contributed by atoms with Crippen molar-refractivity contribution in [1.29, 1.82) is 0 Å². The molecule has 0 spiro atoms. The van der Waals surface area contributed by atoms with Crippen molar-refractivity contribution in [2.24, 2.45) is 5.73 Å². The Hall–Kier alpha value is -3.98. The maximum atomic E-state index is 15.0. The second-order valence-corrected chi connectivity index (χ2v) is 7.03. The number of ketones is 1. The van der Waals surface area contributed by atoms with Gasteiger partial charge >= 0.3 is 0 Å². The van der Waals surface area contributed by atoms with Crippen molar-refractivity contribution in [3.63, 3.8) is 0 Å². The highest BCUT2D eigenvalue weighted by molar-refractivity contribution is 6.10. The molecule has 0 aliphatic heterocycles. The lowest BCUT2D eigenvalue weighted by molar-refractivity contribution is 0.103. The summed E-state index contributed by atoms with van der Waals surface area (Å²) < 4.78 is 53.6. The van der Waals surface area contributed by atoms with Gasteiger partial charge in [-0.3, -0.25) is 4.79 Å². The van der Waals surface area contributed by atoms with Gasteiger partial charge in [0.05, 0.1) is 22.8 Å². The summed E-state index contributed by atoms with van der Waals surface area (Å²) in [6.07, 6.45) is 1.41. The summed E-state index contributed by atoms with van der Waals surface area (Å²) in [7, 11) is 0. The monoisotopic (exact) mass is 453 g/mol. The van der Waals surface area contributed by atoms with Crippen LogP contribution < -0.4 is 15.2 Å². The van der Waals surface area contributed by atoms with Crippen molar-refractivity contribution in [1.82, 2.24) is 9.97 Å². The quantitative estimate of drug-likeness (QED) is 0.403. The molecule has 0 saturated heterocycles. The van der Waals surface area contributed by atoms with E-state index >= 15 is 4.39 Å². The van der Waals surface area contributed by atoms with Gasteiger partial charge in [-0.15, -0.1) is 0 Å². The Morgan fingerprint density at radius 2 is 1.82 bits per heavy atom. The molecule has 0 aliphatic rings. The minimum absolute atomic E-state index is 0.00727. The molecule has 0 aliphatic carbocycles. The zero-order chi connectivity index (χ0) is 23.4. The van der Waals surface area contributed by atoms with E-state index in [9.17, 15) is 13.6 Å². The third-order valence-electron chi connectivity index (χ3n) is 4.72. The molecule has 1 aromatic heterocycles. The van der Waals surface area contributed by atoms with E-state index in [0.717, 1.165) is 12.1 Å². The van der Waals surface area contributed by atoms with Gasteiger partial charge in [0, 0.05) is 12.1 Å². The largest absolute Gasteiger partial charge is 0.486 e. The average Bonchev–Trinajstić information content (AvgIpc) is 2.81. The fourth-order valence-corrected chi connectivity index (χ4v) is 3.15. The Morgan fingerprint density at radius 1 is 0.970 bits per heavy atom. The lowest BCUT2D eigenvalue weighted by atomic mass is 10.0. The molecule has 0 bridgehead atoms. The summed E-state index contributed by atoms with van der Waals surface area (Å²) in [4.78, 5) is 21.4. The number of hydrogen-bond donors (Lipinski definition) is 1. The van der Waals surface area contributed by atoms with Gasteiger partial charge < -0.3 is 15.2 Å². The predicted molar refractivity (Wildman–Crippen MR) is 115 cm³/mol. The third-order valence-corrected chi connectivity index (χ3v) is 4.72. The van der Waals surface area contributed by atoms with Crippen LogP contribution in [-0.4, -0.2) is 28.9 Å². The van der Waals surface area contributed by atoms with Crippen molar-refractivity contribution in [3.05, 3.63) is 94.9 Å². The third kappa shape index (κ3) is 4.93. The zero-order valence-corrected chi connectivity index (χ0v) is 17.2. The van der Waals surface area contributed by atoms with Crippen LogP contribution in [0.4, 0.5) is 13.2 Å². The number of halogens is 3. The first-order valence-electron chi connectivity index (χ1n) is 9.96. The van der Waals surface area contributed by atoms with E-state index in [-0.39, 0.29) is 37.0 Å². The maximum Gasteiger partial charge on any atom is 0.232 e.